The van der Waals surface area contributed by atoms with Crippen LogP contribution in [0.2, 0.25) is 0 Å². The fourth-order valence-corrected chi connectivity index (χ4v) is 2.68. The predicted octanol–water partition coefficient (Wildman–Crippen LogP) is 3.42. The Labute approximate surface area is 109 Å². The van der Waals surface area contributed by atoms with Gasteiger partial charge in [0.15, 0.2) is 0 Å². The maximum atomic E-state index is 3.64. The van der Waals surface area contributed by atoms with Crippen molar-refractivity contribution in [3.8, 4) is 0 Å². The molecule has 1 saturated carbocycles. The Balaban J connectivity index is 1.50. The Kier molecular flexibility index (Phi) is 3.37. The molecule has 1 aromatic heterocycles. The monoisotopic (exact) mass is 242 g/mol. The van der Waals surface area contributed by atoms with E-state index in [0.29, 0.717) is 6.04 Å². The minimum Gasteiger partial charge on any atom is -0.347 e. The molecule has 1 aliphatic rings. The molecule has 0 radical (unpaired) electrons. The zero-order valence-electron chi connectivity index (χ0n) is 11.1. The highest BCUT2D eigenvalue weighted by atomic mass is 15.0. The van der Waals surface area contributed by atoms with Crippen molar-refractivity contribution < 1.29 is 0 Å². The number of rotatable bonds is 6. The van der Waals surface area contributed by atoms with Crippen molar-refractivity contribution >= 4 is 10.9 Å². The summed E-state index contributed by atoms with van der Waals surface area (Å²) < 4.78 is 2.36. The summed E-state index contributed by atoms with van der Waals surface area (Å²) in [4.78, 5) is 0. The van der Waals surface area contributed by atoms with Gasteiger partial charge in [-0.15, -0.1) is 0 Å². The molecule has 2 nitrogen and oxygen atoms in total. The normalized spacial score (nSPS) is 17.2. The van der Waals surface area contributed by atoms with Gasteiger partial charge < -0.3 is 9.88 Å². The lowest BCUT2D eigenvalue weighted by molar-refractivity contribution is 0.477. The Morgan fingerprint density at radius 3 is 2.94 bits per heavy atom. The van der Waals surface area contributed by atoms with Gasteiger partial charge in [-0.25, -0.2) is 0 Å². The summed E-state index contributed by atoms with van der Waals surface area (Å²) in [5.41, 5.74) is 1.35. The highest BCUT2D eigenvalue weighted by molar-refractivity contribution is 5.79. The Morgan fingerprint density at radius 2 is 2.11 bits per heavy atom. The van der Waals surface area contributed by atoms with Crippen molar-refractivity contribution in [2.24, 2.45) is 5.92 Å². The second-order valence-corrected chi connectivity index (χ2v) is 5.50. The highest BCUT2D eigenvalue weighted by Crippen LogP contribution is 2.32. The summed E-state index contributed by atoms with van der Waals surface area (Å²) >= 11 is 0. The van der Waals surface area contributed by atoms with Crippen molar-refractivity contribution in [3.63, 3.8) is 0 Å². The number of hydrogen-bond acceptors (Lipinski definition) is 1. The second kappa shape index (κ2) is 5.15. The molecule has 96 valence electrons. The lowest BCUT2D eigenvalue weighted by Crippen LogP contribution is -2.29. The van der Waals surface area contributed by atoms with Crippen molar-refractivity contribution in [1.29, 1.82) is 0 Å². The first-order valence-corrected chi connectivity index (χ1v) is 7.12. The summed E-state index contributed by atoms with van der Waals surface area (Å²) in [5.74, 6) is 0.956. The molecular formula is C16H22N2. The highest BCUT2D eigenvalue weighted by Gasteiger charge is 2.26. The molecule has 0 bridgehead atoms. The standard InChI is InChI=1S/C16H22N2/c1-13(14-7-8-14)17-10-4-11-18-12-9-15-5-2-3-6-16(15)18/h2-3,5-6,9,12-14,17H,4,7-8,10-11H2,1H3. The average Bonchev–Trinajstić information content (AvgIpc) is 3.17. The second-order valence-electron chi connectivity index (χ2n) is 5.50. The van der Waals surface area contributed by atoms with Gasteiger partial charge in [0.05, 0.1) is 0 Å². The van der Waals surface area contributed by atoms with Crippen LogP contribution >= 0.6 is 0 Å². The first kappa shape index (κ1) is 11.8. The van der Waals surface area contributed by atoms with E-state index >= 15 is 0 Å². The lowest BCUT2D eigenvalue weighted by atomic mass is 10.2. The Hall–Kier alpha value is -1.28. The van der Waals surface area contributed by atoms with Crippen LogP contribution in [0, 0.1) is 5.92 Å². The van der Waals surface area contributed by atoms with Gasteiger partial charge in [-0.3, -0.25) is 0 Å². The molecule has 0 saturated heterocycles. The fraction of sp³-hybridized carbons (Fsp3) is 0.500. The van der Waals surface area contributed by atoms with Crippen LogP contribution in [0.1, 0.15) is 26.2 Å². The predicted molar refractivity (Wildman–Crippen MR) is 76.7 cm³/mol. The number of para-hydroxylation sites is 1. The van der Waals surface area contributed by atoms with Crippen molar-refractivity contribution in [3.05, 3.63) is 36.5 Å². The third-order valence-electron chi connectivity index (χ3n) is 4.05. The van der Waals surface area contributed by atoms with Crippen LogP contribution in [0.5, 0.6) is 0 Å². The molecule has 2 aromatic rings. The molecule has 1 aliphatic carbocycles. The van der Waals surface area contributed by atoms with E-state index in [-0.39, 0.29) is 0 Å². The van der Waals surface area contributed by atoms with E-state index in [1.165, 1.54) is 30.2 Å². The van der Waals surface area contributed by atoms with Crippen molar-refractivity contribution in [1.82, 2.24) is 9.88 Å². The van der Waals surface area contributed by atoms with Crippen LogP contribution in [0.4, 0.5) is 0 Å². The third-order valence-corrected chi connectivity index (χ3v) is 4.05. The van der Waals surface area contributed by atoms with Gasteiger partial charge in [0.25, 0.3) is 0 Å². The molecule has 2 heteroatoms. The minimum atomic E-state index is 0.714. The van der Waals surface area contributed by atoms with Gasteiger partial charge >= 0.3 is 0 Å². The molecule has 1 N–H and O–H groups in total. The van der Waals surface area contributed by atoms with Gasteiger partial charge in [-0.05, 0) is 56.2 Å². The molecule has 1 atom stereocenters. The number of benzene rings is 1. The van der Waals surface area contributed by atoms with Crippen LogP contribution in [0.25, 0.3) is 10.9 Å². The van der Waals surface area contributed by atoms with Crippen LogP contribution in [0.3, 0.4) is 0 Å². The zero-order valence-corrected chi connectivity index (χ0v) is 11.1. The summed E-state index contributed by atoms with van der Waals surface area (Å²) in [7, 11) is 0. The fourth-order valence-electron chi connectivity index (χ4n) is 2.68. The largest absolute Gasteiger partial charge is 0.347 e. The first-order chi connectivity index (χ1) is 8.84. The minimum absolute atomic E-state index is 0.714. The van der Waals surface area contributed by atoms with E-state index in [2.05, 4.69) is 53.3 Å². The van der Waals surface area contributed by atoms with E-state index in [9.17, 15) is 0 Å². The Morgan fingerprint density at radius 1 is 1.28 bits per heavy atom. The van der Waals surface area contributed by atoms with Gasteiger partial charge in [0, 0.05) is 24.3 Å². The number of nitrogens with one attached hydrogen (secondary N) is 1. The number of aryl methyl sites for hydroxylation is 1. The molecule has 0 amide bonds. The van der Waals surface area contributed by atoms with E-state index in [0.717, 1.165) is 19.0 Å². The summed E-state index contributed by atoms with van der Waals surface area (Å²) in [6, 6.07) is 11.5. The summed E-state index contributed by atoms with van der Waals surface area (Å²) in [6.45, 7) is 4.56. The van der Waals surface area contributed by atoms with Gasteiger partial charge in [-0.1, -0.05) is 18.2 Å². The van der Waals surface area contributed by atoms with Crippen molar-refractivity contribution in [2.45, 2.75) is 38.8 Å². The number of aromatic nitrogens is 1. The van der Waals surface area contributed by atoms with E-state index < -0.39 is 0 Å². The van der Waals surface area contributed by atoms with Crippen LogP contribution < -0.4 is 5.32 Å². The molecule has 18 heavy (non-hydrogen) atoms. The number of fused-ring (bicyclic) bond motifs is 1. The van der Waals surface area contributed by atoms with E-state index in [1.54, 1.807) is 0 Å². The summed E-state index contributed by atoms with van der Waals surface area (Å²) in [6.07, 6.45) is 6.26. The quantitative estimate of drug-likeness (QED) is 0.768. The number of hydrogen-bond donors (Lipinski definition) is 1. The van der Waals surface area contributed by atoms with E-state index in [1.807, 2.05) is 0 Å². The SMILES string of the molecule is CC(NCCCn1ccc2ccccc21)C1CC1. The van der Waals surface area contributed by atoms with Gasteiger partial charge in [-0.2, -0.15) is 0 Å². The molecule has 0 aliphatic heterocycles. The topological polar surface area (TPSA) is 17.0 Å². The maximum absolute atomic E-state index is 3.64. The molecule has 3 rings (SSSR count). The summed E-state index contributed by atoms with van der Waals surface area (Å²) in [5, 5.41) is 4.99. The average molecular weight is 242 g/mol. The molecular weight excluding hydrogens is 220 g/mol. The van der Waals surface area contributed by atoms with E-state index in [4.69, 9.17) is 0 Å². The van der Waals surface area contributed by atoms with Gasteiger partial charge in [0.1, 0.15) is 0 Å². The van der Waals surface area contributed by atoms with Gasteiger partial charge in [0.2, 0.25) is 0 Å². The molecule has 1 heterocycles. The van der Waals surface area contributed by atoms with Crippen LogP contribution in [-0.2, 0) is 6.54 Å². The smallest absolute Gasteiger partial charge is 0.0480 e. The number of nitrogens with zero attached hydrogens (tertiary/aromatic N) is 1. The van der Waals surface area contributed by atoms with Crippen LogP contribution in [-0.4, -0.2) is 17.2 Å². The Bertz CT molecular complexity index is 511. The third kappa shape index (κ3) is 2.59. The first-order valence-electron chi connectivity index (χ1n) is 7.12. The zero-order chi connectivity index (χ0) is 12.4. The lowest BCUT2D eigenvalue weighted by Gasteiger charge is -2.12. The maximum Gasteiger partial charge on any atom is 0.0480 e. The van der Waals surface area contributed by atoms with Crippen molar-refractivity contribution in [2.75, 3.05) is 6.54 Å². The molecule has 1 aromatic carbocycles. The molecule has 1 unspecified atom stereocenters. The molecule has 0 spiro atoms. The molecule has 1 fully saturated rings. The van der Waals surface area contributed by atoms with Crippen LogP contribution in [0.15, 0.2) is 36.5 Å².